The maximum absolute atomic E-state index is 3.48. The van der Waals surface area contributed by atoms with Gasteiger partial charge in [-0.1, -0.05) is 28.1 Å². The standard InChI is InChI=1S/C15H23BrN2/c1-17-14-7-9-15(10-8-14)18(2)11-12-3-5-13(16)6-4-12/h3-6,14-15,17H,7-11H2,1-2H3. The second-order valence-corrected chi connectivity index (χ2v) is 6.25. The molecule has 100 valence electrons. The van der Waals surface area contributed by atoms with Gasteiger partial charge < -0.3 is 5.32 Å². The lowest BCUT2D eigenvalue weighted by molar-refractivity contribution is 0.170. The van der Waals surface area contributed by atoms with Crippen LogP contribution in [-0.2, 0) is 6.54 Å². The summed E-state index contributed by atoms with van der Waals surface area (Å²) in [6.45, 7) is 1.06. The summed E-state index contributed by atoms with van der Waals surface area (Å²) in [7, 11) is 4.34. The van der Waals surface area contributed by atoms with Crippen LogP contribution >= 0.6 is 15.9 Å². The summed E-state index contributed by atoms with van der Waals surface area (Å²) in [5, 5.41) is 3.40. The van der Waals surface area contributed by atoms with Gasteiger partial charge in [-0.3, -0.25) is 4.90 Å². The molecule has 1 aromatic carbocycles. The van der Waals surface area contributed by atoms with Crippen LogP contribution in [0.2, 0.25) is 0 Å². The first-order valence-electron chi connectivity index (χ1n) is 6.81. The summed E-state index contributed by atoms with van der Waals surface area (Å²) in [6, 6.07) is 10.2. The van der Waals surface area contributed by atoms with Crippen LogP contribution in [0, 0.1) is 0 Å². The van der Waals surface area contributed by atoms with E-state index >= 15 is 0 Å². The largest absolute Gasteiger partial charge is 0.317 e. The summed E-state index contributed by atoms with van der Waals surface area (Å²) in [6.07, 6.45) is 5.26. The first kappa shape index (κ1) is 14.0. The van der Waals surface area contributed by atoms with Crippen LogP contribution in [-0.4, -0.2) is 31.1 Å². The molecule has 0 atom stereocenters. The Morgan fingerprint density at radius 2 is 1.78 bits per heavy atom. The van der Waals surface area contributed by atoms with Gasteiger partial charge >= 0.3 is 0 Å². The Hall–Kier alpha value is -0.380. The van der Waals surface area contributed by atoms with Crippen LogP contribution in [0.3, 0.4) is 0 Å². The van der Waals surface area contributed by atoms with Gasteiger partial charge in [-0.2, -0.15) is 0 Å². The van der Waals surface area contributed by atoms with Gasteiger partial charge in [0.15, 0.2) is 0 Å². The molecular weight excluding hydrogens is 288 g/mol. The number of benzene rings is 1. The van der Waals surface area contributed by atoms with E-state index in [4.69, 9.17) is 0 Å². The van der Waals surface area contributed by atoms with Crippen molar-refractivity contribution in [1.82, 2.24) is 10.2 Å². The Morgan fingerprint density at radius 3 is 2.33 bits per heavy atom. The number of nitrogens with zero attached hydrogens (tertiary/aromatic N) is 1. The third kappa shape index (κ3) is 3.81. The van der Waals surface area contributed by atoms with Crippen LogP contribution in [0.1, 0.15) is 31.2 Å². The van der Waals surface area contributed by atoms with Crippen molar-refractivity contribution in [3.63, 3.8) is 0 Å². The molecule has 1 aromatic rings. The Bertz CT molecular complexity index is 355. The molecule has 0 amide bonds. The lowest BCUT2D eigenvalue weighted by Gasteiger charge is -2.34. The van der Waals surface area contributed by atoms with Gasteiger partial charge in [-0.15, -0.1) is 0 Å². The molecule has 0 radical (unpaired) electrons. The molecule has 18 heavy (non-hydrogen) atoms. The normalized spacial score (nSPS) is 24.4. The molecule has 1 N–H and O–H groups in total. The zero-order valence-corrected chi connectivity index (χ0v) is 12.9. The van der Waals surface area contributed by atoms with Crippen LogP contribution in [0.4, 0.5) is 0 Å². The van der Waals surface area contributed by atoms with Crippen LogP contribution in [0.15, 0.2) is 28.7 Å². The SMILES string of the molecule is CNC1CCC(N(C)Cc2ccc(Br)cc2)CC1. The third-order valence-corrected chi connectivity index (χ3v) is 4.60. The minimum Gasteiger partial charge on any atom is -0.317 e. The highest BCUT2D eigenvalue weighted by molar-refractivity contribution is 9.10. The molecule has 1 aliphatic carbocycles. The Morgan fingerprint density at radius 1 is 1.17 bits per heavy atom. The van der Waals surface area contributed by atoms with Gasteiger partial charge in [0.1, 0.15) is 0 Å². The van der Waals surface area contributed by atoms with E-state index in [0.717, 1.165) is 23.1 Å². The van der Waals surface area contributed by atoms with E-state index in [1.807, 2.05) is 0 Å². The van der Waals surface area contributed by atoms with Crippen molar-refractivity contribution in [1.29, 1.82) is 0 Å². The topological polar surface area (TPSA) is 15.3 Å². The molecule has 1 saturated carbocycles. The summed E-state index contributed by atoms with van der Waals surface area (Å²) in [5.41, 5.74) is 1.40. The van der Waals surface area contributed by atoms with Gasteiger partial charge in [0.2, 0.25) is 0 Å². The van der Waals surface area contributed by atoms with Gasteiger partial charge in [-0.05, 0) is 57.5 Å². The molecule has 0 unspecified atom stereocenters. The lowest BCUT2D eigenvalue weighted by atomic mass is 9.90. The second kappa shape index (κ2) is 6.69. The molecule has 2 nitrogen and oxygen atoms in total. The fourth-order valence-electron chi connectivity index (χ4n) is 2.81. The average molecular weight is 311 g/mol. The molecule has 0 aromatic heterocycles. The van der Waals surface area contributed by atoms with Crippen molar-refractivity contribution >= 4 is 15.9 Å². The van der Waals surface area contributed by atoms with E-state index in [1.54, 1.807) is 0 Å². The highest BCUT2D eigenvalue weighted by Gasteiger charge is 2.22. The van der Waals surface area contributed by atoms with Gasteiger partial charge in [-0.25, -0.2) is 0 Å². The summed E-state index contributed by atoms with van der Waals surface area (Å²) in [4.78, 5) is 2.51. The molecule has 0 bridgehead atoms. The minimum atomic E-state index is 0.738. The predicted molar refractivity (Wildman–Crippen MR) is 80.7 cm³/mol. The third-order valence-electron chi connectivity index (χ3n) is 4.07. The average Bonchev–Trinajstić information content (AvgIpc) is 2.41. The van der Waals surface area contributed by atoms with Crippen LogP contribution < -0.4 is 5.32 Å². The van der Waals surface area contributed by atoms with Crippen molar-refractivity contribution < 1.29 is 0 Å². The van der Waals surface area contributed by atoms with Gasteiger partial charge in [0.25, 0.3) is 0 Å². The molecule has 3 heteroatoms. The summed E-state index contributed by atoms with van der Waals surface area (Å²) < 4.78 is 1.16. The molecule has 0 spiro atoms. The molecule has 0 aliphatic heterocycles. The maximum atomic E-state index is 3.48. The quantitative estimate of drug-likeness (QED) is 0.917. The predicted octanol–water partition coefficient (Wildman–Crippen LogP) is 3.41. The highest BCUT2D eigenvalue weighted by Crippen LogP contribution is 2.23. The molecule has 0 saturated heterocycles. The lowest BCUT2D eigenvalue weighted by Crippen LogP contribution is -2.39. The number of hydrogen-bond acceptors (Lipinski definition) is 2. The van der Waals surface area contributed by atoms with Gasteiger partial charge in [0, 0.05) is 23.1 Å². The molecular formula is C15H23BrN2. The van der Waals surface area contributed by atoms with E-state index in [9.17, 15) is 0 Å². The van der Waals surface area contributed by atoms with Crippen molar-refractivity contribution in [2.24, 2.45) is 0 Å². The second-order valence-electron chi connectivity index (χ2n) is 5.34. The molecule has 2 rings (SSSR count). The number of hydrogen-bond donors (Lipinski definition) is 1. The van der Waals surface area contributed by atoms with E-state index in [2.05, 4.69) is 64.5 Å². The first-order chi connectivity index (χ1) is 8.69. The zero-order valence-electron chi connectivity index (χ0n) is 11.3. The molecule has 1 aliphatic rings. The fourth-order valence-corrected chi connectivity index (χ4v) is 3.08. The summed E-state index contributed by atoms with van der Waals surface area (Å²) in [5.74, 6) is 0. The Balaban J connectivity index is 1.85. The minimum absolute atomic E-state index is 0.738. The number of rotatable bonds is 4. The molecule has 1 fully saturated rings. The van der Waals surface area contributed by atoms with Crippen molar-refractivity contribution in [2.75, 3.05) is 14.1 Å². The van der Waals surface area contributed by atoms with Crippen molar-refractivity contribution in [3.05, 3.63) is 34.3 Å². The highest BCUT2D eigenvalue weighted by atomic mass is 79.9. The summed E-state index contributed by atoms with van der Waals surface area (Å²) >= 11 is 3.48. The number of nitrogens with one attached hydrogen (secondary N) is 1. The van der Waals surface area contributed by atoms with Gasteiger partial charge in [0.05, 0.1) is 0 Å². The van der Waals surface area contributed by atoms with Crippen LogP contribution in [0.25, 0.3) is 0 Å². The van der Waals surface area contributed by atoms with E-state index in [-0.39, 0.29) is 0 Å². The molecule has 0 heterocycles. The first-order valence-corrected chi connectivity index (χ1v) is 7.60. The number of halogens is 1. The Kier molecular flexibility index (Phi) is 5.22. The maximum Gasteiger partial charge on any atom is 0.0233 e. The van der Waals surface area contributed by atoms with E-state index in [0.29, 0.717) is 0 Å². The zero-order chi connectivity index (χ0) is 13.0. The van der Waals surface area contributed by atoms with Crippen molar-refractivity contribution in [2.45, 2.75) is 44.3 Å². The van der Waals surface area contributed by atoms with E-state index < -0.39 is 0 Å². The van der Waals surface area contributed by atoms with Crippen LogP contribution in [0.5, 0.6) is 0 Å². The van der Waals surface area contributed by atoms with Crippen molar-refractivity contribution in [3.8, 4) is 0 Å². The smallest absolute Gasteiger partial charge is 0.0233 e. The Labute approximate surface area is 119 Å². The van der Waals surface area contributed by atoms with E-state index in [1.165, 1.54) is 31.2 Å². The monoisotopic (exact) mass is 310 g/mol. The fraction of sp³-hybridized carbons (Fsp3) is 0.600.